The highest BCUT2D eigenvalue weighted by Gasteiger charge is 2.42. The number of aliphatic imine (C=N–C) groups is 5. The molecule has 52 heteroatoms. The number of carbonyl (C=O) groups excluding carboxylic acids is 14. The van der Waals surface area contributed by atoms with E-state index in [1.54, 1.807) is 36.4 Å². The molecule has 15 amide bonds. The highest BCUT2D eigenvalue weighted by molar-refractivity contribution is 8.76. The molecule has 6 rings (SSSR count). The standard InChI is InChI=1S/C87H134N32O18S2/c1-47-68(122)112-60(16-4-5-33-88)80(134)119-40-12-22-67(119)79(133)116-63(43-49-26-31-54(121)32-27-49)75(129)111-58(19-9-37-104-85(96)97)71(125)109-59(20-10-39-106-87(100)137)73(127)117-65(77(131)113-61(81(135)136)21-11-38-105-86(98)99)45-138-139-46-66(78(132)115-62(42-48-24-29-53(120)30-25-48)74(128)110-56(70(124)107-47)17-7-35-102-83(92)93)118-76(130)64(44-50-23-28-51-13-2-3-14-52(51)41-50)114-72(126)57(18-8-36-103-84(94)95)108-69(123)55(89)15-6-34-101-82(90)91/h2-3,13-14,23-32,41,47,55-67,120-121H,4-12,15-22,33-40,42-46,88-89H2,1H3,(H,107,124)(H,108,123)(H,109,125)(H,110,128)(H,111,129)(H,112,122)(H,113,131)(H,114,126)(H,115,132)(H,116,133)(H,117,127)(H,118,130)(H,135,136)(H4,90,91,101)(H4,92,93,102)(H4,94,95,103)(H4,96,97,104)(H4,98,99,105)(H3,100,106,137)/t47-,55-,56-,57-,58-,59-,60+,61-,62-,63-,64-,65-,66-,67-/m0/s1. The molecule has 50 nitrogen and oxygen atoms in total. The van der Waals surface area contributed by atoms with Gasteiger partial charge in [0, 0.05) is 76.6 Å². The number of phenols is 2. The number of guanidine groups is 5. The lowest BCUT2D eigenvalue weighted by Crippen LogP contribution is -2.61. The quantitative estimate of drug-likeness (QED) is 0.00847. The van der Waals surface area contributed by atoms with Crippen LogP contribution in [0.1, 0.15) is 133 Å². The van der Waals surface area contributed by atoms with Crippen LogP contribution in [0, 0.1) is 0 Å². The van der Waals surface area contributed by atoms with E-state index in [2.05, 4.69) is 94.1 Å². The van der Waals surface area contributed by atoms with E-state index in [-0.39, 0.29) is 215 Å². The number of amides is 15. The van der Waals surface area contributed by atoms with E-state index < -0.39 is 191 Å². The number of carboxylic acid groups (broad SMARTS) is 1. The number of urea groups is 1. The van der Waals surface area contributed by atoms with Crippen molar-refractivity contribution in [1.29, 1.82) is 0 Å². The molecule has 0 bridgehead atoms. The fourth-order valence-electron chi connectivity index (χ4n) is 14.7. The van der Waals surface area contributed by atoms with Crippen LogP contribution in [0.4, 0.5) is 4.79 Å². The molecule has 14 atom stereocenters. The Morgan fingerprint density at radius 3 is 1.42 bits per heavy atom. The molecule has 2 aliphatic heterocycles. The molecule has 4 aromatic carbocycles. The van der Waals surface area contributed by atoms with Crippen LogP contribution < -0.4 is 144 Å². The van der Waals surface area contributed by atoms with Crippen LogP contribution in [-0.2, 0) is 86.4 Å². The Morgan fingerprint density at radius 2 is 0.899 bits per heavy atom. The van der Waals surface area contributed by atoms with Crippen LogP contribution in [0.5, 0.6) is 11.5 Å². The van der Waals surface area contributed by atoms with Gasteiger partial charge in [-0.2, -0.15) is 0 Å². The number of nitrogens with zero attached hydrogens (tertiary/aromatic N) is 6. The maximum atomic E-state index is 15.9. The second-order valence-electron chi connectivity index (χ2n) is 33.2. The zero-order chi connectivity index (χ0) is 102. The molecule has 0 spiro atoms. The summed E-state index contributed by atoms with van der Waals surface area (Å²) in [5.41, 5.74) is 75.1. The predicted molar refractivity (Wildman–Crippen MR) is 525 cm³/mol. The highest BCUT2D eigenvalue weighted by Crippen LogP contribution is 2.27. The first-order valence-corrected chi connectivity index (χ1v) is 47.9. The second-order valence-corrected chi connectivity index (χ2v) is 35.7. The van der Waals surface area contributed by atoms with E-state index in [1.807, 2.05) is 6.07 Å². The van der Waals surface area contributed by atoms with E-state index in [0.717, 1.165) is 27.0 Å². The molecular weight excluding hydrogens is 1850 g/mol. The number of benzene rings is 4. The van der Waals surface area contributed by atoms with Gasteiger partial charge < -0.3 is 164 Å². The van der Waals surface area contributed by atoms with E-state index in [0.29, 0.717) is 22.9 Å². The Labute approximate surface area is 810 Å². The fraction of sp³-hybridized carbons (Fsp3) is 0.517. The predicted octanol–water partition coefficient (Wildman–Crippen LogP) is -7.24. The number of nitrogens with two attached hydrogens (primary N) is 13. The van der Waals surface area contributed by atoms with Crippen molar-refractivity contribution < 1.29 is 87.2 Å². The van der Waals surface area contributed by atoms with Crippen LogP contribution in [0.3, 0.4) is 0 Å². The highest BCUT2D eigenvalue weighted by atomic mass is 33.1. The number of hydrogen-bond acceptors (Lipinski definition) is 26. The number of fused-ring (bicyclic) bond motifs is 2. The molecule has 2 saturated heterocycles. The molecule has 0 aromatic heterocycles. The third-order valence-electron chi connectivity index (χ3n) is 22.1. The number of aliphatic carboxylic acids is 1. The fourth-order valence-corrected chi connectivity index (χ4v) is 17.1. The average Bonchev–Trinajstić information content (AvgIpc) is 1.62. The normalized spacial score (nSPS) is 20.5. The summed E-state index contributed by atoms with van der Waals surface area (Å²) >= 11 is 0. The van der Waals surface area contributed by atoms with E-state index in [1.165, 1.54) is 60.4 Å². The lowest BCUT2D eigenvalue weighted by Gasteiger charge is -2.31. The first-order chi connectivity index (χ1) is 66.2. The Kier molecular flexibility index (Phi) is 48.5. The molecule has 42 N–H and O–H groups in total. The van der Waals surface area contributed by atoms with Gasteiger partial charge in [0.2, 0.25) is 76.8 Å². The van der Waals surface area contributed by atoms with Crippen LogP contribution in [0.2, 0.25) is 0 Å². The maximum absolute atomic E-state index is 15.9. The summed E-state index contributed by atoms with van der Waals surface area (Å²) in [5, 5.41) is 67.3. The molecule has 2 heterocycles. The number of carboxylic acids is 1. The van der Waals surface area contributed by atoms with Crippen LogP contribution >= 0.6 is 21.6 Å². The van der Waals surface area contributed by atoms with E-state index in [9.17, 15) is 34.5 Å². The van der Waals surface area contributed by atoms with Crippen molar-refractivity contribution in [2.45, 2.75) is 220 Å². The summed E-state index contributed by atoms with van der Waals surface area (Å²) in [5.74, 6) is -17.6. The SMILES string of the molecule is C[C@@H]1NC(=O)[C@H](CCCN=C(N)N)NC(=O)[C@H](Cc2ccc(O)cc2)NC(=O)[C@@H](NC(=O)[C@H](Cc2ccc3ccccc3c2)NC(=O)[C@H](CCCN=C(N)N)NC(=O)[C@@H](N)CCCN=C(N)N)CSSC[C@@H](C(=O)N[C@@H](CCCN=C(N)N)C(=O)O)NC(=O)[C@H](CCCNC(N)=O)NC(=O)[C@H](CCCN=C(N)N)NC(=O)[C@H](Cc2ccc(O)cc2)NC(=O)[C@@H]2CCCN2C(=O)[C@@H](CCCCN)NC1=O. The van der Waals surface area contributed by atoms with Crippen molar-refractivity contribution in [3.63, 3.8) is 0 Å². The summed E-state index contributed by atoms with van der Waals surface area (Å²) in [7, 11) is 1.48. The topological polar surface area (TPSA) is 876 Å². The minimum absolute atomic E-state index is 0.0253. The van der Waals surface area contributed by atoms with Gasteiger partial charge in [0.1, 0.15) is 90.0 Å². The van der Waals surface area contributed by atoms with Gasteiger partial charge in [-0.3, -0.25) is 87.3 Å². The smallest absolute Gasteiger partial charge is 0.326 e. The first kappa shape index (κ1) is 113. The van der Waals surface area contributed by atoms with Crippen LogP contribution in [0.25, 0.3) is 10.8 Å². The number of nitrogens with one attached hydrogen (secondary N) is 13. The molecule has 762 valence electrons. The number of primary amides is 1. The lowest BCUT2D eigenvalue weighted by molar-refractivity contribution is -0.142. The van der Waals surface area contributed by atoms with Gasteiger partial charge in [-0.25, -0.2) is 9.59 Å². The molecule has 0 aliphatic carbocycles. The summed E-state index contributed by atoms with van der Waals surface area (Å²) in [6, 6.07) is -0.236. The van der Waals surface area contributed by atoms with Gasteiger partial charge >= 0.3 is 12.0 Å². The zero-order valence-corrected chi connectivity index (χ0v) is 79.1. The van der Waals surface area contributed by atoms with Crippen molar-refractivity contribution in [3.8, 4) is 11.5 Å². The third kappa shape index (κ3) is 41.6. The molecule has 0 unspecified atom stereocenters. The molecule has 4 aromatic rings. The van der Waals surface area contributed by atoms with Crippen molar-refractivity contribution in [2.24, 2.45) is 99.5 Å². The van der Waals surface area contributed by atoms with Crippen LogP contribution in [0.15, 0.2) is 116 Å². The van der Waals surface area contributed by atoms with Crippen molar-refractivity contribution in [2.75, 3.05) is 63.9 Å². The second kappa shape index (κ2) is 59.5. The Bertz CT molecular complexity index is 4960. The van der Waals surface area contributed by atoms with Gasteiger partial charge in [-0.05, 0) is 174 Å². The number of phenolic OH excluding ortho intramolecular Hbond substituents is 2. The van der Waals surface area contributed by atoms with Gasteiger partial charge in [0.15, 0.2) is 29.8 Å². The Morgan fingerprint density at radius 1 is 0.453 bits per heavy atom. The van der Waals surface area contributed by atoms with E-state index >= 15 is 52.7 Å². The number of aromatic hydroxyl groups is 2. The number of rotatable bonds is 43. The molecule has 2 aliphatic rings. The van der Waals surface area contributed by atoms with Crippen molar-refractivity contribution in [3.05, 3.63) is 108 Å². The van der Waals surface area contributed by atoms with E-state index in [4.69, 9.17) is 74.5 Å². The maximum Gasteiger partial charge on any atom is 0.326 e. The monoisotopic (exact) mass is 1980 g/mol. The zero-order valence-electron chi connectivity index (χ0n) is 77.4. The van der Waals surface area contributed by atoms with Gasteiger partial charge in [0.05, 0.1) is 6.04 Å². The molecule has 2 fully saturated rings. The average molecular weight is 1980 g/mol. The van der Waals surface area contributed by atoms with Crippen molar-refractivity contribution >= 4 is 151 Å². The van der Waals surface area contributed by atoms with Gasteiger partial charge in [0.25, 0.3) is 0 Å². The first-order valence-electron chi connectivity index (χ1n) is 45.4. The third-order valence-corrected chi connectivity index (χ3v) is 24.5. The number of unbranched alkanes of at least 4 members (excludes halogenated alkanes) is 1. The summed E-state index contributed by atoms with van der Waals surface area (Å²) in [4.78, 5) is 244. The molecule has 0 radical (unpaired) electrons. The molecule has 139 heavy (non-hydrogen) atoms. The lowest BCUT2D eigenvalue weighted by atomic mass is 10.00. The van der Waals surface area contributed by atoms with Gasteiger partial charge in [-0.1, -0.05) is 88.3 Å². The molecule has 0 saturated carbocycles. The minimum Gasteiger partial charge on any atom is -0.508 e. The molecular formula is C87H134N32O18S2. The number of carbonyl (C=O) groups is 15. The Hall–Kier alpha value is -14.4. The van der Waals surface area contributed by atoms with Gasteiger partial charge in [-0.15, -0.1) is 0 Å². The summed E-state index contributed by atoms with van der Waals surface area (Å²) < 4.78 is 0. The van der Waals surface area contributed by atoms with Crippen LogP contribution in [-0.4, -0.2) is 287 Å². The minimum atomic E-state index is -1.89. The summed E-state index contributed by atoms with van der Waals surface area (Å²) in [6.45, 7) is 0.880. The number of hydrogen-bond donors (Lipinski definition) is 29. The summed E-state index contributed by atoms with van der Waals surface area (Å²) in [6.07, 6.45) is -1.66. The Balaban J connectivity index is 1.59. The largest absolute Gasteiger partial charge is 0.508 e. The van der Waals surface area contributed by atoms with Crippen molar-refractivity contribution in [1.82, 2.24) is 74.0 Å².